The molecule has 0 fully saturated rings. The Morgan fingerprint density at radius 1 is 0.618 bits per heavy atom. The highest BCUT2D eigenvalue weighted by Crippen LogP contribution is 2.50. The van der Waals surface area contributed by atoms with E-state index in [0.717, 1.165) is 33.3 Å². The number of aromatic nitrogens is 1. The second kappa shape index (κ2) is 6.52. The number of rotatable bonds is 1. The van der Waals surface area contributed by atoms with Crippen LogP contribution >= 0.6 is 0 Å². The van der Waals surface area contributed by atoms with E-state index in [1.165, 1.54) is 28.1 Å². The van der Waals surface area contributed by atoms with Crippen molar-refractivity contribution >= 4 is 57.1 Å². The molecule has 0 aliphatic carbocycles. The summed E-state index contributed by atoms with van der Waals surface area (Å²) < 4.78 is 6.11. The van der Waals surface area contributed by atoms with Crippen LogP contribution in [-0.2, 0) is 0 Å². The Morgan fingerprint density at radius 3 is 2.26 bits per heavy atom. The van der Waals surface area contributed by atoms with Crippen LogP contribution < -0.4 is 15.1 Å². The van der Waals surface area contributed by atoms with Gasteiger partial charge in [0.25, 0.3) is 0 Å². The van der Waals surface area contributed by atoms with E-state index in [4.69, 9.17) is 9.40 Å². The third kappa shape index (κ3) is 2.26. The number of hydrogen-bond donors (Lipinski definition) is 0. The van der Waals surface area contributed by atoms with Crippen molar-refractivity contribution < 1.29 is 4.42 Å². The van der Waals surface area contributed by atoms with Gasteiger partial charge in [-0.2, -0.15) is 0 Å². The first-order valence-corrected chi connectivity index (χ1v) is 11.5. The fourth-order valence-electron chi connectivity index (χ4n) is 5.67. The molecule has 4 aromatic carbocycles. The minimum atomic E-state index is -0.0217. The van der Waals surface area contributed by atoms with Crippen molar-refractivity contribution in [1.82, 2.24) is 4.98 Å². The summed E-state index contributed by atoms with van der Waals surface area (Å²) in [6.07, 6.45) is 1.89. The summed E-state index contributed by atoms with van der Waals surface area (Å²) in [5.74, 6) is 0. The lowest BCUT2D eigenvalue weighted by Crippen LogP contribution is -2.55. The number of para-hydroxylation sites is 4. The van der Waals surface area contributed by atoms with Crippen molar-refractivity contribution in [1.29, 1.82) is 0 Å². The van der Waals surface area contributed by atoms with Crippen LogP contribution in [0.1, 0.15) is 0 Å². The molecule has 0 unspecified atom stereocenters. The summed E-state index contributed by atoms with van der Waals surface area (Å²) in [5, 5.41) is 2.27. The topological polar surface area (TPSA) is 32.5 Å². The number of furan rings is 1. The lowest BCUT2D eigenvalue weighted by molar-refractivity contribution is 0.669. The Bertz CT molecular complexity index is 1760. The SMILES string of the molecule is c1cnc2c(c1)B1N(c3ccc4oc5ccccc5c4c3)c3ccccc3N1c1ccccc1-2. The molecule has 4 heterocycles. The van der Waals surface area contributed by atoms with E-state index >= 15 is 0 Å². The van der Waals surface area contributed by atoms with E-state index in [0.29, 0.717) is 0 Å². The maximum atomic E-state index is 6.11. The fourth-order valence-corrected chi connectivity index (χ4v) is 5.67. The van der Waals surface area contributed by atoms with Crippen LogP contribution in [0.15, 0.2) is 114 Å². The molecule has 34 heavy (non-hydrogen) atoms. The van der Waals surface area contributed by atoms with Crippen molar-refractivity contribution in [2.75, 3.05) is 9.62 Å². The summed E-state index contributed by atoms with van der Waals surface area (Å²) in [4.78, 5) is 9.71. The zero-order chi connectivity index (χ0) is 22.2. The summed E-state index contributed by atoms with van der Waals surface area (Å²) >= 11 is 0. The van der Waals surface area contributed by atoms with Gasteiger partial charge in [-0.25, -0.2) is 0 Å². The predicted octanol–water partition coefficient (Wildman–Crippen LogP) is 6.65. The van der Waals surface area contributed by atoms with Crippen molar-refractivity contribution in [3.05, 3.63) is 109 Å². The first-order chi connectivity index (χ1) is 16.9. The van der Waals surface area contributed by atoms with Gasteiger partial charge in [-0.05, 0) is 54.0 Å². The number of nitrogens with zero attached hydrogens (tertiary/aromatic N) is 3. The standard InChI is InChI=1S/C29H18BN3O/c1-3-11-24-21(9-1)29-23(10-7-17-31-29)30-32(25-12-4-5-13-26(25)33(24)30)19-15-16-28-22(18-19)20-8-2-6-14-27(20)34-28/h1-18H. The van der Waals surface area contributed by atoms with Gasteiger partial charge in [-0.1, -0.05) is 54.6 Å². The lowest BCUT2D eigenvalue weighted by atomic mass is 9.60. The van der Waals surface area contributed by atoms with Crippen LogP contribution in [0.4, 0.5) is 22.7 Å². The molecular weight excluding hydrogens is 417 g/mol. The largest absolute Gasteiger partial charge is 0.456 e. The van der Waals surface area contributed by atoms with Crippen molar-refractivity contribution in [2.24, 2.45) is 0 Å². The summed E-state index contributed by atoms with van der Waals surface area (Å²) in [6.45, 7) is -0.0217. The molecule has 0 amide bonds. The van der Waals surface area contributed by atoms with Gasteiger partial charge in [-0.3, -0.25) is 4.98 Å². The molecule has 0 N–H and O–H groups in total. The van der Waals surface area contributed by atoms with Gasteiger partial charge in [0, 0.05) is 33.9 Å². The molecule has 2 aliphatic heterocycles. The van der Waals surface area contributed by atoms with E-state index in [9.17, 15) is 0 Å². The van der Waals surface area contributed by atoms with Gasteiger partial charge < -0.3 is 14.0 Å². The van der Waals surface area contributed by atoms with E-state index in [1.807, 2.05) is 24.4 Å². The monoisotopic (exact) mass is 435 g/mol. The van der Waals surface area contributed by atoms with E-state index in [1.54, 1.807) is 0 Å². The number of hydrogen-bond acceptors (Lipinski definition) is 4. The van der Waals surface area contributed by atoms with Crippen molar-refractivity contribution in [2.45, 2.75) is 0 Å². The molecule has 5 heteroatoms. The summed E-state index contributed by atoms with van der Waals surface area (Å²) in [6, 6.07) is 36.3. The van der Waals surface area contributed by atoms with E-state index < -0.39 is 0 Å². The van der Waals surface area contributed by atoms with E-state index in [-0.39, 0.29) is 6.98 Å². The molecule has 2 aliphatic rings. The molecule has 0 radical (unpaired) electrons. The molecule has 6 aromatic rings. The Labute approximate surface area is 196 Å². The minimum Gasteiger partial charge on any atom is -0.456 e. The molecule has 0 atom stereocenters. The maximum Gasteiger partial charge on any atom is 0.423 e. The summed E-state index contributed by atoms with van der Waals surface area (Å²) in [7, 11) is 0. The normalized spacial score (nSPS) is 13.7. The molecule has 0 spiro atoms. The molecule has 4 nitrogen and oxygen atoms in total. The van der Waals surface area contributed by atoms with Gasteiger partial charge in [-0.15, -0.1) is 0 Å². The molecular formula is C29H18BN3O. The Kier molecular flexibility index (Phi) is 3.45. The predicted molar refractivity (Wildman–Crippen MR) is 140 cm³/mol. The highest BCUT2D eigenvalue weighted by Gasteiger charge is 2.48. The van der Waals surface area contributed by atoms with Gasteiger partial charge in [0.05, 0.1) is 17.1 Å². The van der Waals surface area contributed by atoms with Gasteiger partial charge in [0.2, 0.25) is 0 Å². The van der Waals surface area contributed by atoms with E-state index in [2.05, 4.69) is 94.6 Å². The molecule has 0 bridgehead atoms. The fraction of sp³-hybridized carbons (Fsp3) is 0. The van der Waals surface area contributed by atoms with Crippen LogP contribution in [0.2, 0.25) is 0 Å². The van der Waals surface area contributed by atoms with Crippen LogP contribution in [-0.4, -0.2) is 12.0 Å². The minimum absolute atomic E-state index is 0.0217. The van der Waals surface area contributed by atoms with Crippen molar-refractivity contribution in [3.63, 3.8) is 0 Å². The van der Waals surface area contributed by atoms with Gasteiger partial charge in [0.15, 0.2) is 0 Å². The third-order valence-corrected chi connectivity index (χ3v) is 7.06. The molecule has 8 rings (SSSR count). The first-order valence-electron chi connectivity index (χ1n) is 11.5. The molecule has 2 aromatic heterocycles. The Morgan fingerprint density at radius 2 is 1.35 bits per heavy atom. The zero-order valence-electron chi connectivity index (χ0n) is 18.2. The Balaban J connectivity index is 1.42. The smallest absolute Gasteiger partial charge is 0.423 e. The van der Waals surface area contributed by atoms with Crippen LogP contribution in [0, 0.1) is 0 Å². The number of anilines is 4. The van der Waals surface area contributed by atoms with Crippen LogP contribution in [0.25, 0.3) is 33.2 Å². The molecule has 158 valence electrons. The Hall–Kier alpha value is -4.51. The highest BCUT2D eigenvalue weighted by molar-refractivity contribution is 6.86. The molecule has 0 saturated carbocycles. The first kappa shape index (κ1) is 18.0. The maximum absolute atomic E-state index is 6.11. The second-order valence-corrected chi connectivity index (χ2v) is 8.84. The quantitative estimate of drug-likeness (QED) is 0.271. The number of pyridine rings is 1. The third-order valence-electron chi connectivity index (χ3n) is 7.06. The molecule has 0 saturated heterocycles. The summed E-state index contributed by atoms with van der Waals surface area (Å²) in [5.41, 5.74) is 9.95. The van der Waals surface area contributed by atoms with Crippen molar-refractivity contribution in [3.8, 4) is 11.3 Å². The average molecular weight is 435 g/mol. The van der Waals surface area contributed by atoms with Gasteiger partial charge in [0.1, 0.15) is 11.2 Å². The lowest BCUT2D eigenvalue weighted by Gasteiger charge is -2.35. The highest BCUT2D eigenvalue weighted by atomic mass is 16.3. The van der Waals surface area contributed by atoms with Crippen LogP contribution in [0.3, 0.4) is 0 Å². The second-order valence-electron chi connectivity index (χ2n) is 8.84. The average Bonchev–Trinajstić information content (AvgIpc) is 3.45. The van der Waals surface area contributed by atoms with Gasteiger partial charge >= 0.3 is 6.98 Å². The number of fused-ring (bicyclic) bond motifs is 11. The number of benzene rings is 4. The zero-order valence-corrected chi connectivity index (χ0v) is 18.2. The van der Waals surface area contributed by atoms with Crippen LogP contribution in [0.5, 0.6) is 0 Å².